The molecule has 1 aliphatic rings. The first-order chi connectivity index (χ1) is 10.2. The maximum Gasteiger partial charge on any atom is 0.325 e. The van der Waals surface area contributed by atoms with Crippen molar-refractivity contribution in [2.75, 3.05) is 6.54 Å². The Hall–Kier alpha value is -2.08. The molecule has 1 aliphatic heterocycles. The first kappa shape index (κ1) is 16.3. The highest BCUT2D eigenvalue weighted by Crippen LogP contribution is 2.18. The molecule has 1 saturated heterocycles. The van der Waals surface area contributed by atoms with Crippen LogP contribution in [0.15, 0.2) is 24.3 Å². The van der Waals surface area contributed by atoms with Crippen LogP contribution in [0.4, 0.5) is 4.79 Å². The van der Waals surface area contributed by atoms with Crippen LogP contribution in [0.25, 0.3) is 0 Å². The second-order valence-corrected chi connectivity index (χ2v) is 6.22. The van der Waals surface area contributed by atoms with Crippen LogP contribution in [-0.2, 0) is 9.59 Å². The molecule has 0 bridgehead atoms. The van der Waals surface area contributed by atoms with Crippen LogP contribution in [0.1, 0.15) is 32.4 Å². The molecule has 1 fully saturated rings. The number of urea groups is 1. The Labute approximate surface area is 133 Å². The summed E-state index contributed by atoms with van der Waals surface area (Å²) in [6.45, 7) is 4.71. The van der Waals surface area contributed by atoms with Gasteiger partial charge in [-0.15, -0.1) is 0 Å². The summed E-state index contributed by atoms with van der Waals surface area (Å²) < 4.78 is 0. The van der Waals surface area contributed by atoms with Crippen molar-refractivity contribution in [1.82, 2.24) is 15.5 Å². The zero-order chi connectivity index (χ0) is 16.5. The Morgan fingerprint density at radius 2 is 1.91 bits per heavy atom. The Bertz CT molecular complexity index is 613. The first-order valence-corrected chi connectivity index (χ1v) is 7.27. The lowest BCUT2D eigenvalue weighted by atomic mass is 10.1. The molecule has 118 valence electrons. The van der Waals surface area contributed by atoms with E-state index in [1.807, 2.05) is 19.1 Å². The smallest absolute Gasteiger partial charge is 0.325 e. The lowest BCUT2D eigenvalue weighted by Crippen LogP contribution is -2.43. The van der Waals surface area contributed by atoms with E-state index in [9.17, 15) is 14.4 Å². The normalized spacial score (nSPS) is 18.1. The summed E-state index contributed by atoms with van der Waals surface area (Å²) in [5.74, 6) is -0.810. The SMILES string of the molecule is CC(NC(=O)CN1C(=O)NC(C)(C)C1=O)c1ccc(Cl)cc1. The Morgan fingerprint density at radius 1 is 1.32 bits per heavy atom. The zero-order valence-electron chi connectivity index (χ0n) is 12.6. The van der Waals surface area contributed by atoms with E-state index in [0.29, 0.717) is 5.02 Å². The lowest BCUT2D eigenvalue weighted by molar-refractivity contribution is -0.134. The third-order valence-corrected chi connectivity index (χ3v) is 3.75. The van der Waals surface area contributed by atoms with Gasteiger partial charge < -0.3 is 10.6 Å². The minimum Gasteiger partial charge on any atom is -0.348 e. The topological polar surface area (TPSA) is 78.5 Å². The largest absolute Gasteiger partial charge is 0.348 e. The van der Waals surface area contributed by atoms with Gasteiger partial charge in [-0.3, -0.25) is 14.5 Å². The number of hydrogen-bond acceptors (Lipinski definition) is 3. The van der Waals surface area contributed by atoms with Crippen molar-refractivity contribution < 1.29 is 14.4 Å². The molecule has 0 aliphatic carbocycles. The molecule has 1 aromatic rings. The Morgan fingerprint density at radius 3 is 2.41 bits per heavy atom. The van der Waals surface area contributed by atoms with Gasteiger partial charge in [-0.2, -0.15) is 0 Å². The van der Waals surface area contributed by atoms with Crippen LogP contribution in [-0.4, -0.2) is 34.8 Å². The van der Waals surface area contributed by atoms with Crippen molar-refractivity contribution >= 4 is 29.4 Å². The van der Waals surface area contributed by atoms with Crippen molar-refractivity contribution in [2.24, 2.45) is 0 Å². The molecular weight excluding hydrogens is 306 g/mol. The summed E-state index contributed by atoms with van der Waals surface area (Å²) in [6, 6.07) is 6.29. The number of rotatable bonds is 4. The number of amides is 4. The van der Waals surface area contributed by atoms with E-state index in [2.05, 4.69) is 10.6 Å². The predicted molar refractivity (Wildman–Crippen MR) is 82.3 cm³/mol. The highest BCUT2D eigenvalue weighted by molar-refractivity contribution is 6.30. The molecule has 1 aromatic carbocycles. The number of imide groups is 1. The number of nitrogens with one attached hydrogen (secondary N) is 2. The average molecular weight is 324 g/mol. The molecule has 0 radical (unpaired) electrons. The molecule has 0 spiro atoms. The molecule has 0 aromatic heterocycles. The number of carbonyl (C=O) groups excluding carboxylic acids is 3. The molecule has 0 saturated carbocycles. The van der Waals surface area contributed by atoms with Gasteiger partial charge in [0.15, 0.2) is 0 Å². The van der Waals surface area contributed by atoms with Crippen LogP contribution in [0.3, 0.4) is 0 Å². The van der Waals surface area contributed by atoms with Crippen molar-refractivity contribution in [1.29, 1.82) is 0 Å². The predicted octanol–water partition coefficient (Wildman–Crippen LogP) is 1.85. The number of carbonyl (C=O) groups is 3. The molecule has 1 heterocycles. The van der Waals surface area contributed by atoms with E-state index in [4.69, 9.17) is 11.6 Å². The van der Waals surface area contributed by atoms with Crippen LogP contribution >= 0.6 is 11.6 Å². The van der Waals surface area contributed by atoms with Gasteiger partial charge in [0.05, 0.1) is 6.04 Å². The van der Waals surface area contributed by atoms with Crippen LogP contribution in [0.2, 0.25) is 5.02 Å². The van der Waals surface area contributed by atoms with Gasteiger partial charge >= 0.3 is 6.03 Å². The van der Waals surface area contributed by atoms with E-state index in [1.165, 1.54) is 0 Å². The average Bonchev–Trinajstić information content (AvgIpc) is 2.61. The maximum atomic E-state index is 12.0. The third-order valence-electron chi connectivity index (χ3n) is 3.49. The fraction of sp³-hybridized carbons (Fsp3) is 0.400. The lowest BCUT2D eigenvalue weighted by Gasteiger charge is -2.18. The van der Waals surface area contributed by atoms with E-state index in [0.717, 1.165) is 10.5 Å². The summed E-state index contributed by atoms with van der Waals surface area (Å²) in [4.78, 5) is 36.7. The van der Waals surface area contributed by atoms with Gasteiger partial charge in [-0.05, 0) is 38.5 Å². The van der Waals surface area contributed by atoms with Gasteiger partial charge in [-0.25, -0.2) is 4.79 Å². The second-order valence-electron chi connectivity index (χ2n) is 5.79. The number of benzene rings is 1. The van der Waals surface area contributed by atoms with E-state index >= 15 is 0 Å². The second kappa shape index (κ2) is 5.96. The Kier molecular flexibility index (Phi) is 4.42. The van der Waals surface area contributed by atoms with Crippen molar-refractivity contribution in [3.05, 3.63) is 34.9 Å². The highest BCUT2D eigenvalue weighted by atomic mass is 35.5. The van der Waals surface area contributed by atoms with Crippen molar-refractivity contribution in [3.8, 4) is 0 Å². The van der Waals surface area contributed by atoms with Crippen LogP contribution < -0.4 is 10.6 Å². The van der Waals surface area contributed by atoms with E-state index < -0.39 is 23.4 Å². The van der Waals surface area contributed by atoms with Crippen LogP contribution in [0, 0.1) is 0 Å². The van der Waals surface area contributed by atoms with Gasteiger partial charge in [0.2, 0.25) is 5.91 Å². The molecular formula is C15H18ClN3O3. The zero-order valence-corrected chi connectivity index (χ0v) is 13.4. The minimum atomic E-state index is -0.973. The maximum absolute atomic E-state index is 12.0. The molecule has 2 rings (SSSR count). The number of halogens is 1. The molecule has 2 N–H and O–H groups in total. The van der Waals surface area contributed by atoms with Gasteiger partial charge in [0.25, 0.3) is 5.91 Å². The number of nitrogens with zero attached hydrogens (tertiary/aromatic N) is 1. The monoisotopic (exact) mass is 323 g/mol. The molecule has 6 nitrogen and oxygen atoms in total. The van der Waals surface area contributed by atoms with Gasteiger partial charge in [0.1, 0.15) is 12.1 Å². The summed E-state index contributed by atoms with van der Waals surface area (Å²) in [5, 5.41) is 5.90. The standard InChI is InChI=1S/C15H18ClN3O3/c1-9(10-4-6-11(16)7-5-10)17-12(20)8-19-13(21)15(2,3)18-14(19)22/h4-7,9H,8H2,1-3H3,(H,17,20)(H,18,22). The van der Waals surface area contributed by atoms with E-state index in [1.54, 1.807) is 26.0 Å². The van der Waals surface area contributed by atoms with Crippen molar-refractivity contribution in [2.45, 2.75) is 32.4 Å². The number of hydrogen-bond donors (Lipinski definition) is 2. The summed E-state index contributed by atoms with van der Waals surface area (Å²) >= 11 is 5.82. The Balaban J connectivity index is 1.97. The summed E-state index contributed by atoms with van der Waals surface area (Å²) in [6.07, 6.45) is 0. The molecule has 1 atom stereocenters. The highest BCUT2D eigenvalue weighted by Gasteiger charge is 2.44. The van der Waals surface area contributed by atoms with Crippen LogP contribution in [0.5, 0.6) is 0 Å². The summed E-state index contributed by atoms with van der Waals surface area (Å²) in [7, 11) is 0. The molecule has 22 heavy (non-hydrogen) atoms. The molecule has 1 unspecified atom stereocenters. The summed E-state index contributed by atoms with van der Waals surface area (Å²) in [5.41, 5.74) is -0.0885. The minimum absolute atomic E-state index is 0.251. The fourth-order valence-electron chi connectivity index (χ4n) is 2.23. The molecule has 4 amide bonds. The first-order valence-electron chi connectivity index (χ1n) is 6.89. The van der Waals surface area contributed by atoms with E-state index in [-0.39, 0.29) is 12.6 Å². The third kappa shape index (κ3) is 3.39. The molecule has 7 heteroatoms. The van der Waals surface area contributed by atoms with Gasteiger partial charge in [-0.1, -0.05) is 23.7 Å². The van der Waals surface area contributed by atoms with Crippen molar-refractivity contribution in [3.63, 3.8) is 0 Å². The van der Waals surface area contributed by atoms with Gasteiger partial charge in [0, 0.05) is 5.02 Å². The fourth-order valence-corrected chi connectivity index (χ4v) is 2.35. The quantitative estimate of drug-likeness (QED) is 0.830.